The summed E-state index contributed by atoms with van der Waals surface area (Å²) in [4.78, 5) is 85.0. The molecule has 5 aliphatic rings. The summed E-state index contributed by atoms with van der Waals surface area (Å²) in [5, 5.41) is 86.1. The number of nitrogen functional groups attached to an aromatic ring is 1. The molecule has 10 heterocycles. The molecule has 31 nitrogen and oxygen atoms in total. The average molecular weight is 1610 g/mol. The van der Waals surface area contributed by atoms with E-state index in [-0.39, 0.29) is 76.4 Å². The second-order valence-corrected chi connectivity index (χ2v) is 28.9. The van der Waals surface area contributed by atoms with Crippen molar-refractivity contribution in [2.45, 2.75) is 149 Å². The summed E-state index contributed by atoms with van der Waals surface area (Å²) in [7, 11) is 0. The van der Waals surface area contributed by atoms with Crippen molar-refractivity contribution in [1.29, 1.82) is 5.39 Å². The third-order valence-corrected chi connectivity index (χ3v) is 21.1. The van der Waals surface area contributed by atoms with Gasteiger partial charge in [0.15, 0.2) is 28.1 Å². The third kappa shape index (κ3) is 19.8. The van der Waals surface area contributed by atoms with Crippen molar-refractivity contribution in [3.8, 4) is 11.4 Å². The van der Waals surface area contributed by atoms with E-state index in [0.717, 1.165) is 243 Å². The van der Waals surface area contributed by atoms with Crippen LogP contribution in [0.4, 0.5) is 17.1 Å². The number of halogens is 1. The van der Waals surface area contributed by atoms with Crippen molar-refractivity contribution in [1.82, 2.24) is 86.3 Å². The number of nitrogens with zero attached hydrogens (tertiary/aromatic N) is 10. The molecule has 16 N–H and O–H groups in total. The zero-order valence-electron chi connectivity index (χ0n) is 65.2. The number of fused-ring (bicyclic) bond motifs is 17. The maximum Gasteiger partial charge on any atom is 1.00 e. The van der Waals surface area contributed by atoms with E-state index < -0.39 is 11.9 Å². The van der Waals surface area contributed by atoms with Gasteiger partial charge in [-0.2, -0.15) is 25.5 Å². The maximum absolute atomic E-state index is 12.6. The third-order valence-electron chi connectivity index (χ3n) is 21.1. The summed E-state index contributed by atoms with van der Waals surface area (Å²) >= 11 is 0. The number of Topliss-reactive ketones (excluding diaryl/α,β-unsaturated/α-hetero) is 5. The number of hydrogen-bond acceptors (Lipinski definition) is 19. The van der Waals surface area contributed by atoms with Crippen molar-refractivity contribution in [3.63, 3.8) is 0 Å². The van der Waals surface area contributed by atoms with Crippen LogP contribution in [0.5, 0.6) is 0 Å². The fraction of sp³-hybridized carbons (Fsp3) is 0.286. The predicted octanol–water partition coefficient (Wildman–Crippen LogP) is 8.91. The van der Waals surface area contributed by atoms with Crippen molar-refractivity contribution in [3.05, 3.63) is 184 Å². The molecule has 596 valence electrons. The summed E-state index contributed by atoms with van der Waals surface area (Å²) in [6.45, 7) is 4.56. The number of allylic oxidation sites excluding steroid dienone is 1. The molecule has 0 aliphatic heterocycles. The van der Waals surface area contributed by atoms with Gasteiger partial charge in [0, 0.05) is 127 Å². The van der Waals surface area contributed by atoms with Crippen LogP contribution < -0.4 is 58.2 Å². The number of aromatic nitrogens is 17. The van der Waals surface area contributed by atoms with Gasteiger partial charge >= 0.3 is 35.2 Å². The van der Waals surface area contributed by atoms with Crippen LogP contribution >= 0.6 is 0 Å². The van der Waals surface area contributed by atoms with E-state index >= 15 is 0 Å². The Labute approximate surface area is 696 Å². The SMILES string of the molecule is CC(=O)C1CCCc2c(nc3cc4c[nH][nH]c4cc23)C1=O.CC(=O)[O-].Cc1[nH]nc2c1CCCc1c-2nc2cc3c[nH][nH]c3cc12.N#[N+]c1ccc2[nH]ncc2c1.Nc1ccc2[nH]ncc2c1.O.O=C1CCCCC/C1=C\O.O=C1CCCCC/C1=N\Nc1ccc2[nH]ncc2c1.O=C1CCCCc2c1nc1cc3c[nH][nH]c3cc21.[Cl-].[Na+]. The molecule has 10 aromatic heterocycles. The van der Waals surface area contributed by atoms with Gasteiger partial charge < -0.3 is 69.2 Å². The Morgan fingerprint density at radius 1 is 0.530 bits per heavy atom. The maximum atomic E-state index is 12.6. The molecule has 2 fully saturated rings. The number of hydrazone groups is 1. The number of carboxylic acid groups (broad SMARTS) is 1. The van der Waals surface area contributed by atoms with Gasteiger partial charge in [-0.1, -0.05) is 12.8 Å². The van der Waals surface area contributed by atoms with Gasteiger partial charge in [-0.05, 0) is 213 Å². The number of carboxylic acids is 1. The summed E-state index contributed by atoms with van der Waals surface area (Å²) in [5.41, 5.74) is 30.3. The van der Waals surface area contributed by atoms with Gasteiger partial charge in [0.05, 0.1) is 91.8 Å². The number of benzene rings is 6. The number of rotatable bonds is 3. The molecule has 6 aromatic carbocycles. The van der Waals surface area contributed by atoms with E-state index in [9.17, 15) is 24.0 Å². The van der Waals surface area contributed by atoms with Gasteiger partial charge in [-0.25, -0.2) is 15.0 Å². The van der Waals surface area contributed by atoms with Gasteiger partial charge in [-0.15, -0.1) is 0 Å². The summed E-state index contributed by atoms with van der Waals surface area (Å²) in [6, 6.07) is 29.3. The van der Waals surface area contributed by atoms with E-state index in [1.165, 1.54) is 29.1 Å². The number of aryl methyl sites for hydroxylation is 4. The number of aliphatic hydroxyl groups excluding tert-OH is 1. The Morgan fingerprint density at radius 2 is 1.00 bits per heavy atom. The molecule has 16 aromatic rings. The number of carbonyl (C=O) groups is 6. The molecule has 0 spiro atoms. The molecule has 33 heteroatoms. The largest absolute Gasteiger partial charge is 1.00 e. The zero-order chi connectivity index (χ0) is 79.4. The fourth-order valence-electron chi connectivity index (χ4n) is 15.1. The molecule has 1 atom stereocenters. The quantitative estimate of drug-likeness (QED) is 0.00903. The number of aliphatic hydroxyl groups is 1. The number of H-pyrrole nitrogens is 10. The first kappa shape index (κ1) is 85.2. The smallest absolute Gasteiger partial charge is 1.00 e. The van der Waals surface area contributed by atoms with Crippen LogP contribution in [-0.4, -0.2) is 138 Å². The first-order valence-electron chi connectivity index (χ1n) is 38.3. The van der Waals surface area contributed by atoms with E-state index in [0.29, 0.717) is 54.0 Å². The molecular weight excluding hydrogens is 1520 g/mol. The molecule has 0 saturated heterocycles. The minimum atomic E-state index is -1.08. The minimum absolute atomic E-state index is 0. The van der Waals surface area contributed by atoms with Crippen LogP contribution in [0.25, 0.3) is 114 Å². The second-order valence-electron chi connectivity index (χ2n) is 28.9. The average Bonchev–Trinajstić information content (AvgIpc) is 1.61. The van der Waals surface area contributed by atoms with Crippen molar-refractivity contribution < 1.29 is 86.4 Å². The van der Waals surface area contributed by atoms with Crippen molar-refractivity contribution >= 4 is 156 Å². The zero-order valence-corrected chi connectivity index (χ0v) is 67.9. The first-order chi connectivity index (χ1) is 55.4. The Balaban J connectivity index is 0.000000135. The Bertz CT molecular complexity index is 6370. The van der Waals surface area contributed by atoms with Gasteiger partial charge in [0.1, 0.15) is 28.6 Å². The van der Waals surface area contributed by atoms with Gasteiger partial charge in [0.2, 0.25) is 5.39 Å². The molecule has 5 aliphatic carbocycles. The number of nitrogens with one attached hydrogen (secondary N) is 11. The van der Waals surface area contributed by atoms with E-state index in [4.69, 9.17) is 31.1 Å². The topological polar surface area (TPSA) is 504 Å². The predicted molar refractivity (Wildman–Crippen MR) is 441 cm³/mol. The molecule has 0 amide bonds. The van der Waals surface area contributed by atoms with Crippen LogP contribution in [0.2, 0.25) is 0 Å². The van der Waals surface area contributed by atoms with E-state index in [2.05, 4.69) is 122 Å². The number of diazo groups is 1. The number of nitrogens with two attached hydrogens (primary N) is 1. The summed E-state index contributed by atoms with van der Waals surface area (Å²) in [5.74, 6) is -1.26. The van der Waals surface area contributed by atoms with Crippen molar-refractivity contribution in [2.75, 3.05) is 11.2 Å². The molecule has 0 bridgehead atoms. The normalized spacial score (nSPS) is 15.6. The number of anilines is 2. The second kappa shape index (κ2) is 39.1. The van der Waals surface area contributed by atoms with Crippen LogP contribution in [0, 0.1) is 18.2 Å². The standard InChI is InChI=1S/C16H15N5.C16H15N3O2.C14H16N4O.C14H13N3O.C8H12O2.C7H5N4.C7H7N3.C2H4O2.ClH.Na.H2O/c1-8-10-3-2-4-11-12-6-13-9(7-17-20-13)5-14(12)18-15(11)16(10)21-19-8;1-8(20)10-3-2-4-11-12-6-13-9(7-17-19-13)5-14(12)18-15(11)16(10)21;19-14-5-3-1-2-4-13(14)18-16-11-6-7-12-10(8-11)9-15-17-12;18-13-4-2-1-3-9-10-6-11-8(7-15-17-11)5-12(10)16-14(9)13;9-6-7-4-2-1-3-5-8(7)10;8-10-6-1-2-7-5(3-6)4-9-11-7;8-6-1-2-7-5(3-6)4-9-10-7;1-2(3)4;;;/h5-7,17,20H,2-4H2,1H3,(H,19,21);5-7,10,17,19H,2-4H2,1H3;6-9,16H,1-5H2,(H,15,17);5-7,15,17H,1-4H2;6,9H,1-5H2;1-4H,(H,9,11);1-4H,8H2,(H,9,10);1H3,(H,3,4);1H;;1H2/q;;;;;+1;;;;+1;/p-2/b;;18-13+;;7-6+;;;;;;. The summed E-state index contributed by atoms with van der Waals surface area (Å²) in [6.07, 6.45) is 30.2. The first-order valence-corrected chi connectivity index (χ1v) is 38.3. The molecular formula is C84H88ClN22NaO9. The Kier molecular flexibility index (Phi) is 28.4. The van der Waals surface area contributed by atoms with Crippen LogP contribution in [0.3, 0.4) is 0 Å². The summed E-state index contributed by atoms with van der Waals surface area (Å²) < 4.78 is 0. The molecule has 2 saturated carbocycles. The molecule has 117 heavy (non-hydrogen) atoms. The number of aliphatic carboxylic acids is 1. The Morgan fingerprint density at radius 3 is 1.59 bits per heavy atom. The van der Waals surface area contributed by atoms with E-state index in [1.807, 2.05) is 79.3 Å². The number of carbonyl (C=O) groups excluding carboxylic acids is 6. The molecule has 0 radical (unpaired) electrons. The van der Waals surface area contributed by atoms with E-state index in [1.54, 1.807) is 30.7 Å². The number of aromatic amines is 10. The minimum Gasteiger partial charge on any atom is -1.00 e. The molecule has 21 rings (SSSR count). The monoisotopic (exact) mass is 1610 g/mol. The van der Waals surface area contributed by atoms with Crippen LogP contribution in [0.1, 0.15) is 166 Å². The molecule has 1 unspecified atom stereocenters. The van der Waals surface area contributed by atoms with Crippen LogP contribution in [-0.2, 0) is 44.9 Å². The van der Waals surface area contributed by atoms with Gasteiger partial charge in [0.25, 0.3) is 0 Å². The fourth-order valence-corrected chi connectivity index (χ4v) is 15.1. The number of ketones is 5. The van der Waals surface area contributed by atoms with Gasteiger partial charge in [-0.3, -0.25) is 49.8 Å². The Hall–Kier alpha value is -12.7. The van der Waals surface area contributed by atoms with Crippen molar-refractivity contribution in [2.24, 2.45) is 11.0 Å². The number of hydrogen-bond donors (Lipinski definition) is 13. The van der Waals surface area contributed by atoms with Crippen LogP contribution in [0.15, 0.2) is 145 Å².